The largest absolute Gasteiger partial charge is 0.308 e. The summed E-state index contributed by atoms with van der Waals surface area (Å²) in [5.41, 5.74) is 2.87. The second-order valence-electron chi connectivity index (χ2n) is 5.72. The number of sulfonamides is 1. The fourth-order valence-electron chi connectivity index (χ4n) is 2.91. The molecule has 0 bridgehead atoms. The van der Waals surface area contributed by atoms with Crippen molar-refractivity contribution in [1.29, 1.82) is 0 Å². The maximum atomic E-state index is 13.4. The molecule has 1 heterocycles. The zero-order valence-electron chi connectivity index (χ0n) is 12.8. The number of hydrogen-bond acceptors (Lipinski definition) is 3. The third-order valence-corrected chi connectivity index (χ3v) is 5.70. The fourth-order valence-corrected chi connectivity index (χ4v) is 4.21. The minimum atomic E-state index is -3.75. The van der Waals surface area contributed by atoms with Crippen LogP contribution >= 0.6 is 0 Å². The lowest BCUT2D eigenvalue weighted by atomic mass is 9.95. The fraction of sp³-hybridized carbons (Fsp3) is 0.294. The number of benzene rings is 2. The van der Waals surface area contributed by atoms with Gasteiger partial charge in [-0.15, -0.1) is 0 Å². The van der Waals surface area contributed by atoms with Crippen molar-refractivity contribution in [2.24, 2.45) is 0 Å². The Bertz CT molecular complexity index is 821. The minimum absolute atomic E-state index is 0.0124. The van der Waals surface area contributed by atoms with Gasteiger partial charge in [-0.05, 0) is 48.7 Å². The van der Waals surface area contributed by atoms with Gasteiger partial charge in [0.2, 0.25) is 10.0 Å². The summed E-state index contributed by atoms with van der Waals surface area (Å²) in [6.45, 7) is 2.69. The van der Waals surface area contributed by atoms with Gasteiger partial charge >= 0.3 is 0 Å². The van der Waals surface area contributed by atoms with E-state index >= 15 is 0 Å². The number of hydrogen-bond donors (Lipinski definition) is 2. The molecule has 2 N–H and O–H groups in total. The van der Waals surface area contributed by atoms with Crippen molar-refractivity contribution in [3.63, 3.8) is 0 Å². The monoisotopic (exact) mass is 334 g/mol. The quantitative estimate of drug-likeness (QED) is 0.902. The Hall–Kier alpha value is -1.76. The van der Waals surface area contributed by atoms with Gasteiger partial charge in [0, 0.05) is 12.6 Å². The summed E-state index contributed by atoms with van der Waals surface area (Å²) in [4.78, 5) is -0.0124. The Labute approximate surface area is 135 Å². The molecule has 1 unspecified atom stereocenters. The van der Waals surface area contributed by atoms with E-state index in [0.717, 1.165) is 24.6 Å². The average molecular weight is 334 g/mol. The normalized spacial score (nSPS) is 17.7. The third-order valence-electron chi connectivity index (χ3n) is 4.13. The van der Waals surface area contributed by atoms with Crippen molar-refractivity contribution in [2.75, 3.05) is 13.1 Å². The summed E-state index contributed by atoms with van der Waals surface area (Å²) < 4.78 is 40.9. The second-order valence-corrected chi connectivity index (χ2v) is 7.45. The van der Waals surface area contributed by atoms with Crippen molar-refractivity contribution < 1.29 is 12.8 Å². The Morgan fingerprint density at radius 1 is 1.26 bits per heavy atom. The van der Waals surface area contributed by atoms with Crippen LogP contribution in [0.25, 0.3) is 0 Å². The van der Waals surface area contributed by atoms with Crippen LogP contribution in [0.15, 0.2) is 47.4 Å². The first-order valence-electron chi connectivity index (χ1n) is 7.54. The first-order valence-corrected chi connectivity index (χ1v) is 9.03. The summed E-state index contributed by atoms with van der Waals surface area (Å²) in [6, 6.07) is 11.7. The van der Waals surface area contributed by atoms with Crippen LogP contribution in [-0.2, 0) is 16.4 Å². The topological polar surface area (TPSA) is 58.2 Å². The van der Waals surface area contributed by atoms with Crippen LogP contribution in [0.2, 0.25) is 0 Å². The Morgan fingerprint density at radius 3 is 2.87 bits per heavy atom. The van der Waals surface area contributed by atoms with Crippen LogP contribution in [-0.4, -0.2) is 21.5 Å². The lowest BCUT2D eigenvalue weighted by Crippen LogP contribution is -2.39. The first kappa shape index (κ1) is 16.1. The third kappa shape index (κ3) is 3.44. The van der Waals surface area contributed by atoms with Gasteiger partial charge in [0.05, 0.1) is 4.90 Å². The smallest absolute Gasteiger partial charge is 0.240 e. The van der Waals surface area contributed by atoms with E-state index in [9.17, 15) is 12.8 Å². The van der Waals surface area contributed by atoms with Gasteiger partial charge in [0.25, 0.3) is 0 Å². The van der Waals surface area contributed by atoms with Gasteiger partial charge in [-0.1, -0.05) is 30.3 Å². The molecule has 1 aliphatic rings. The molecule has 4 nitrogen and oxygen atoms in total. The molecule has 0 aliphatic carbocycles. The highest BCUT2D eigenvalue weighted by atomic mass is 32.2. The van der Waals surface area contributed by atoms with E-state index in [1.807, 2.05) is 18.2 Å². The lowest BCUT2D eigenvalue weighted by molar-refractivity contribution is 0.491. The van der Waals surface area contributed by atoms with E-state index < -0.39 is 15.8 Å². The van der Waals surface area contributed by atoms with Crippen molar-refractivity contribution in [3.05, 3.63) is 65.0 Å². The summed E-state index contributed by atoms with van der Waals surface area (Å²) >= 11 is 0. The zero-order valence-corrected chi connectivity index (χ0v) is 13.7. The van der Waals surface area contributed by atoms with E-state index in [0.29, 0.717) is 5.56 Å². The Balaban J connectivity index is 1.79. The first-order chi connectivity index (χ1) is 11.0. The van der Waals surface area contributed by atoms with E-state index in [2.05, 4.69) is 16.1 Å². The SMILES string of the molecule is Cc1ccc(F)cc1S(=O)(=O)NCC1NCCc2ccccc21. The molecule has 1 aliphatic heterocycles. The van der Waals surface area contributed by atoms with Crippen LogP contribution in [0.5, 0.6) is 0 Å². The Kier molecular flexibility index (Phi) is 4.48. The van der Waals surface area contributed by atoms with E-state index in [-0.39, 0.29) is 17.5 Å². The molecule has 2 aromatic carbocycles. The zero-order chi connectivity index (χ0) is 16.4. The molecule has 0 aromatic heterocycles. The van der Waals surface area contributed by atoms with Crippen LogP contribution in [0, 0.1) is 12.7 Å². The molecule has 3 rings (SSSR count). The van der Waals surface area contributed by atoms with Gasteiger partial charge < -0.3 is 5.32 Å². The molecule has 122 valence electrons. The van der Waals surface area contributed by atoms with Crippen molar-refractivity contribution in [1.82, 2.24) is 10.0 Å². The number of halogens is 1. The van der Waals surface area contributed by atoms with Crippen molar-refractivity contribution in [2.45, 2.75) is 24.3 Å². The van der Waals surface area contributed by atoms with Crippen LogP contribution in [0.1, 0.15) is 22.7 Å². The van der Waals surface area contributed by atoms with Gasteiger partial charge in [-0.25, -0.2) is 17.5 Å². The van der Waals surface area contributed by atoms with E-state index in [4.69, 9.17) is 0 Å². The standard InChI is InChI=1S/C17H19FN2O2S/c1-12-6-7-14(18)10-17(12)23(21,22)20-11-16-15-5-3-2-4-13(15)8-9-19-16/h2-7,10,16,19-20H,8-9,11H2,1H3. The molecular weight excluding hydrogens is 315 g/mol. The maximum Gasteiger partial charge on any atom is 0.240 e. The molecule has 0 spiro atoms. The van der Waals surface area contributed by atoms with Gasteiger partial charge in [-0.2, -0.15) is 0 Å². The molecule has 23 heavy (non-hydrogen) atoms. The van der Waals surface area contributed by atoms with Crippen LogP contribution in [0.4, 0.5) is 4.39 Å². The molecule has 0 fully saturated rings. The van der Waals surface area contributed by atoms with E-state index in [1.54, 1.807) is 6.92 Å². The highest BCUT2D eigenvalue weighted by Crippen LogP contribution is 2.23. The summed E-state index contributed by atoms with van der Waals surface area (Å²) in [5, 5.41) is 3.32. The number of rotatable bonds is 4. The molecule has 0 saturated heterocycles. The van der Waals surface area contributed by atoms with E-state index in [1.165, 1.54) is 17.7 Å². The maximum absolute atomic E-state index is 13.4. The van der Waals surface area contributed by atoms with Gasteiger partial charge in [0.1, 0.15) is 5.82 Å². The molecule has 0 saturated carbocycles. The van der Waals surface area contributed by atoms with Crippen molar-refractivity contribution in [3.8, 4) is 0 Å². The molecule has 0 amide bonds. The molecule has 2 aromatic rings. The van der Waals surface area contributed by atoms with Gasteiger partial charge in [-0.3, -0.25) is 0 Å². The second kappa shape index (κ2) is 6.39. The molecular formula is C17H19FN2O2S. The average Bonchev–Trinajstić information content (AvgIpc) is 2.55. The highest BCUT2D eigenvalue weighted by molar-refractivity contribution is 7.89. The van der Waals surface area contributed by atoms with Crippen molar-refractivity contribution >= 4 is 10.0 Å². The molecule has 1 atom stereocenters. The van der Waals surface area contributed by atoms with Crippen LogP contribution in [0.3, 0.4) is 0 Å². The molecule has 0 radical (unpaired) electrons. The van der Waals surface area contributed by atoms with Crippen LogP contribution < -0.4 is 10.0 Å². The summed E-state index contributed by atoms with van der Waals surface area (Å²) in [7, 11) is -3.75. The molecule has 6 heteroatoms. The summed E-state index contributed by atoms with van der Waals surface area (Å²) in [6.07, 6.45) is 0.933. The lowest BCUT2D eigenvalue weighted by Gasteiger charge is -2.27. The summed E-state index contributed by atoms with van der Waals surface area (Å²) in [5.74, 6) is -0.558. The van der Waals surface area contributed by atoms with Gasteiger partial charge in [0.15, 0.2) is 0 Å². The minimum Gasteiger partial charge on any atom is -0.308 e. The highest BCUT2D eigenvalue weighted by Gasteiger charge is 2.23. The number of nitrogens with one attached hydrogen (secondary N) is 2. The Morgan fingerprint density at radius 2 is 2.04 bits per heavy atom. The predicted molar refractivity (Wildman–Crippen MR) is 87.2 cm³/mol. The number of fused-ring (bicyclic) bond motifs is 1. The predicted octanol–water partition coefficient (Wildman–Crippen LogP) is 2.30. The number of aryl methyl sites for hydroxylation is 1.